The molecule has 0 unspecified atom stereocenters. The van der Waals surface area contributed by atoms with E-state index in [2.05, 4.69) is 4.98 Å². The van der Waals surface area contributed by atoms with Gasteiger partial charge >= 0.3 is 0 Å². The van der Waals surface area contributed by atoms with Gasteiger partial charge in [-0.2, -0.15) is 0 Å². The van der Waals surface area contributed by atoms with Crippen LogP contribution in [0.5, 0.6) is 0 Å². The second kappa shape index (κ2) is 4.62. The van der Waals surface area contributed by atoms with E-state index < -0.39 is 11.6 Å². The average molecular weight is 233 g/mol. The summed E-state index contributed by atoms with van der Waals surface area (Å²) in [4.78, 5) is 4.34. The molecule has 0 saturated carbocycles. The number of hydrogen-bond donors (Lipinski definition) is 0. The van der Waals surface area contributed by atoms with Crippen LogP contribution in [0.3, 0.4) is 0 Å². The lowest BCUT2D eigenvalue weighted by Crippen LogP contribution is -1.96. The normalized spacial score (nSPS) is 10.9. The van der Waals surface area contributed by atoms with Gasteiger partial charge in [0.1, 0.15) is 0 Å². The molecule has 0 N–H and O–H groups in total. The van der Waals surface area contributed by atoms with Crippen LogP contribution in [-0.2, 0) is 0 Å². The first-order chi connectivity index (χ1) is 8.09. The monoisotopic (exact) mass is 233 g/mol. The molecule has 2 aromatic rings. The molecule has 0 aliphatic heterocycles. The Hall–Kier alpha value is -1.77. The second-order valence-electron chi connectivity index (χ2n) is 4.20. The molecule has 0 saturated heterocycles. The highest BCUT2D eigenvalue weighted by Crippen LogP contribution is 2.24. The molecular formula is C14H13F2N. The topological polar surface area (TPSA) is 12.9 Å². The van der Waals surface area contributed by atoms with Gasteiger partial charge in [0.2, 0.25) is 0 Å². The van der Waals surface area contributed by atoms with Crippen LogP contribution in [0, 0.1) is 11.6 Å². The molecule has 1 nitrogen and oxygen atoms in total. The Bertz CT molecular complexity index is 535. The van der Waals surface area contributed by atoms with E-state index in [0.717, 1.165) is 11.8 Å². The summed E-state index contributed by atoms with van der Waals surface area (Å²) in [5.74, 6) is -1.44. The lowest BCUT2D eigenvalue weighted by molar-refractivity contribution is 0.511. The Morgan fingerprint density at radius 1 is 1.00 bits per heavy atom. The van der Waals surface area contributed by atoms with Gasteiger partial charge in [-0.15, -0.1) is 0 Å². The molecule has 0 aliphatic carbocycles. The summed E-state index contributed by atoms with van der Waals surface area (Å²) in [7, 11) is 0. The maximum atomic E-state index is 13.6. The molecular weight excluding hydrogens is 220 g/mol. The van der Waals surface area contributed by atoms with E-state index in [1.54, 1.807) is 6.07 Å². The van der Waals surface area contributed by atoms with Crippen LogP contribution in [0.25, 0.3) is 11.3 Å². The van der Waals surface area contributed by atoms with Gasteiger partial charge in [-0.05, 0) is 30.2 Å². The van der Waals surface area contributed by atoms with E-state index >= 15 is 0 Å². The summed E-state index contributed by atoms with van der Waals surface area (Å²) < 4.78 is 26.7. The predicted molar refractivity (Wildman–Crippen MR) is 63.7 cm³/mol. The quantitative estimate of drug-likeness (QED) is 0.759. The van der Waals surface area contributed by atoms with Gasteiger partial charge in [0, 0.05) is 11.3 Å². The van der Waals surface area contributed by atoms with Crippen molar-refractivity contribution in [2.24, 2.45) is 0 Å². The molecule has 17 heavy (non-hydrogen) atoms. The van der Waals surface area contributed by atoms with Crippen LogP contribution in [0.2, 0.25) is 0 Å². The highest BCUT2D eigenvalue weighted by Gasteiger charge is 2.11. The lowest BCUT2D eigenvalue weighted by Gasteiger charge is -2.08. The van der Waals surface area contributed by atoms with Crippen LogP contribution >= 0.6 is 0 Å². The third-order valence-corrected chi connectivity index (χ3v) is 2.59. The third-order valence-electron chi connectivity index (χ3n) is 2.59. The van der Waals surface area contributed by atoms with E-state index in [-0.39, 0.29) is 11.5 Å². The van der Waals surface area contributed by atoms with Crippen LogP contribution in [0.15, 0.2) is 36.4 Å². The summed E-state index contributed by atoms with van der Waals surface area (Å²) in [5.41, 5.74) is 1.53. The average Bonchev–Trinajstić information content (AvgIpc) is 2.33. The van der Waals surface area contributed by atoms with Crippen molar-refractivity contribution >= 4 is 0 Å². The molecule has 88 valence electrons. The molecule has 0 amide bonds. The van der Waals surface area contributed by atoms with Crippen molar-refractivity contribution in [3.8, 4) is 11.3 Å². The number of benzene rings is 1. The van der Waals surface area contributed by atoms with E-state index in [1.807, 2.05) is 26.0 Å². The number of hydrogen-bond acceptors (Lipinski definition) is 1. The van der Waals surface area contributed by atoms with Gasteiger partial charge < -0.3 is 0 Å². The fraction of sp³-hybridized carbons (Fsp3) is 0.214. The number of aromatic nitrogens is 1. The summed E-state index contributed by atoms with van der Waals surface area (Å²) in [6, 6.07) is 9.49. The summed E-state index contributed by atoms with van der Waals surface area (Å²) >= 11 is 0. The zero-order valence-corrected chi connectivity index (χ0v) is 9.74. The van der Waals surface area contributed by atoms with Gasteiger partial charge in [0.15, 0.2) is 11.6 Å². The second-order valence-corrected chi connectivity index (χ2v) is 4.20. The molecule has 0 atom stereocenters. The molecule has 0 spiro atoms. The van der Waals surface area contributed by atoms with Crippen molar-refractivity contribution in [1.82, 2.24) is 4.98 Å². The Morgan fingerprint density at radius 2 is 1.71 bits per heavy atom. The zero-order valence-electron chi connectivity index (χ0n) is 9.74. The van der Waals surface area contributed by atoms with Gasteiger partial charge in [-0.3, -0.25) is 4.98 Å². The van der Waals surface area contributed by atoms with E-state index in [0.29, 0.717) is 5.69 Å². The lowest BCUT2D eigenvalue weighted by atomic mass is 10.1. The maximum Gasteiger partial charge on any atom is 0.168 e. The van der Waals surface area contributed by atoms with Crippen molar-refractivity contribution in [2.45, 2.75) is 19.8 Å². The van der Waals surface area contributed by atoms with Gasteiger partial charge in [-0.1, -0.05) is 26.0 Å². The minimum Gasteiger partial charge on any atom is -0.252 e. The summed E-state index contributed by atoms with van der Waals surface area (Å²) in [5, 5.41) is 0. The largest absolute Gasteiger partial charge is 0.252 e. The van der Waals surface area contributed by atoms with Crippen LogP contribution in [0.4, 0.5) is 8.78 Å². The van der Waals surface area contributed by atoms with Crippen LogP contribution in [0.1, 0.15) is 25.5 Å². The Labute approximate surface area is 99.1 Å². The van der Waals surface area contributed by atoms with Crippen LogP contribution < -0.4 is 0 Å². The fourth-order valence-electron chi connectivity index (χ4n) is 1.62. The van der Waals surface area contributed by atoms with Crippen molar-refractivity contribution in [1.29, 1.82) is 0 Å². The number of nitrogens with zero attached hydrogens (tertiary/aromatic N) is 1. The molecule has 0 bridgehead atoms. The molecule has 3 heteroatoms. The number of pyridine rings is 1. The van der Waals surface area contributed by atoms with E-state index in [1.165, 1.54) is 12.1 Å². The minimum atomic E-state index is -0.848. The first-order valence-electron chi connectivity index (χ1n) is 5.51. The van der Waals surface area contributed by atoms with Crippen molar-refractivity contribution in [3.05, 3.63) is 53.7 Å². The fourth-order valence-corrected chi connectivity index (χ4v) is 1.62. The predicted octanol–water partition coefficient (Wildman–Crippen LogP) is 4.15. The molecule has 0 radical (unpaired) electrons. The summed E-state index contributed by atoms with van der Waals surface area (Å²) in [6.07, 6.45) is 0. The smallest absolute Gasteiger partial charge is 0.168 e. The van der Waals surface area contributed by atoms with Crippen molar-refractivity contribution in [2.75, 3.05) is 0 Å². The molecule has 0 fully saturated rings. The number of halogens is 2. The maximum absolute atomic E-state index is 13.6. The van der Waals surface area contributed by atoms with Gasteiger partial charge in [0.25, 0.3) is 0 Å². The first kappa shape index (κ1) is 11.7. The van der Waals surface area contributed by atoms with E-state index in [9.17, 15) is 8.78 Å². The third kappa shape index (κ3) is 2.33. The molecule has 2 rings (SSSR count). The molecule has 1 aromatic heterocycles. The molecule has 1 heterocycles. The highest BCUT2D eigenvalue weighted by molar-refractivity contribution is 5.60. The van der Waals surface area contributed by atoms with Crippen molar-refractivity contribution in [3.63, 3.8) is 0 Å². The first-order valence-corrected chi connectivity index (χ1v) is 5.51. The minimum absolute atomic E-state index is 0.201. The summed E-state index contributed by atoms with van der Waals surface area (Å²) in [6.45, 7) is 4.02. The SMILES string of the molecule is CC(C)c1cccc(-c2cccc(F)c2F)n1. The Kier molecular flexibility index (Phi) is 3.18. The molecule has 0 aliphatic rings. The Balaban J connectivity index is 2.53. The Morgan fingerprint density at radius 3 is 2.41 bits per heavy atom. The van der Waals surface area contributed by atoms with Gasteiger partial charge in [0.05, 0.1) is 5.69 Å². The number of rotatable bonds is 2. The van der Waals surface area contributed by atoms with E-state index in [4.69, 9.17) is 0 Å². The zero-order chi connectivity index (χ0) is 12.4. The van der Waals surface area contributed by atoms with Crippen molar-refractivity contribution < 1.29 is 8.78 Å². The molecule has 1 aromatic carbocycles. The van der Waals surface area contributed by atoms with Crippen LogP contribution in [-0.4, -0.2) is 4.98 Å². The van der Waals surface area contributed by atoms with Gasteiger partial charge in [-0.25, -0.2) is 8.78 Å². The standard InChI is InChI=1S/C14H13F2N/c1-9(2)12-7-4-8-13(17-12)10-5-3-6-11(15)14(10)16/h3-9H,1-2H3. The highest BCUT2D eigenvalue weighted by atomic mass is 19.2.